The van der Waals surface area contributed by atoms with Crippen LogP contribution in [0.5, 0.6) is 11.6 Å². The molecule has 0 unspecified atom stereocenters. The predicted molar refractivity (Wildman–Crippen MR) is 70.1 cm³/mol. The van der Waals surface area contributed by atoms with E-state index in [0.717, 1.165) is 11.1 Å². The number of hydrogen-bond acceptors (Lipinski definition) is 2. The lowest BCUT2D eigenvalue weighted by Crippen LogP contribution is -1.91. The molecular weight excluding hydrogens is 257 g/mol. The lowest BCUT2D eigenvalue weighted by atomic mass is 10.2. The second kappa shape index (κ2) is 5.39. The van der Waals surface area contributed by atoms with Crippen molar-refractivity contribution >= 4 is 23.2 Å². The molecule has 0 radical (unpaired) electrons. The van der Waals surface area contributed by atoms with Gasteiger partial charge in [-0.2, -0.15) is 0 Å². The van der Waals surface area contributed by atoms with E-state index in [1.165, 1.54) is 0 Å². The third-order valence-corrected chi connectivity index (χ3v) is 2.86. The zero-order valence-electron chi connectivity index (χ0n) is 9.28. The summed E-state index contributed by atoms with van der Waals surface area (Å²) < 4.78 is 5.68. The Labute approximate surface area is 110 Å². The highest BCUT2D eigenvalue weighted by atomic mass is 35.5. The van der Waals surface area contributed by atoms with Crippen molar-refractivity contribution < 1.29 is 4.74 Å². The smallest absolute Gasteiger partial charge is 0.219 e. The van der Waals surface area contributed by atoms with Crippen LogP contribution in [0.2, 0.25) is 5.02 Å². The lowest BCUT2D eigenvalue weighted by molar-refractivity contribution is 0.459. The number of alkyl halides is 1. The van der Waals surface area contributed by atoms with E-state index in [0.29, 0.717) is 22.5 Å². The average Bonchev–Trinajstić information content (AvgIpc) is 2.34. The van der Waals surface area contributed by atoms with Crippen LogP contribution in [-0.4, -0.2) is 4.98 Å². The largest absolute Gasteiger partial charge is 0.439 e. The van der Waals surface area contributed by atoms with Gasteiger partial charge in [-0.1, -0.05) is 17.7 Å². The van der Waals surface area contributed by atoms with Gasteiger partial charge in [0.05, 0.1) is 0 Å². The molecule has 0 aliphatic rings. The molecular formula is C13H11Cl2NO. The number of nitrogens with zero attached hydrogens (tertiary/aromatic N) is 1. The summed E-state index contributed by atoms with van der Waals surface area (Å²) in [6.07, 6.45) is 1.67. The van der Waals surface area contributed by atoms with Gasteiger partial charge in [-0.25, -0.2) is 4.98 Å². The van der Waals surface area contributed by atoms with Crippen molar-refractivity contribution in [2.45, 2.75) is 12.8 Å². The molecule has 17 heavy (non-hydrogen) atoms. The zero-order chi connectivity index (χ0) is 12.3. The maximum atomic E-state index is 5.92. The molecule has 88 valence electrons. The van der Waals surface area contributed by atoms with Crippen molar-refractivity contribution in [3.8, 4) is 11.6 Å². The first-order chi connectivity index (χ1) is 8.19. The normalized spacial score (nSPS) is 10.3. The Kier molecular flexibility index (Phi) is 3.87. The molecule has 0 bridgehead atoms. The molecule has 2 rings (SSSR count). The van der Waals surface area contributed by atoms with E-state index in [1.54, 1.807) is 12.3 Å². The van der Waals surface area contributed by atoms with Gasteiger partial charge in [-0.3, -0.25) is 0 Å². The van der Waals surface area contributed by atoms with Crippen molar-refractivity contribution in [3.05, 3.63) is 52.7 Å². The number of aromatic nitrogens is 1. The van der Waals surface area contributed by atoms with Gasteiger partial charge in [0, 0.05) is 23.2 Å². The molecule has 0 aliphatic heterocycles. The zero-order valence-corrected chi connectivity index (χ0v) is 10.8. The van der Waals surface area contributed by atoms with Gasteiger partial charge in [0.15, 0.2) is 0 Å². The molecule has 4 heteroatoms. The highest BCUT2D eigenvalue weighted by Gasteiger charge is 2.04. The van der Waals surface area contributed by atoms with Crippen LogP contribution in [0.3, 0.4) is 0 Å². The van der Waals surface area contributed by atoms with Crippen LogP contribution in [-0.2, 0) is 5.88 Å². The van der Waals surface area contributed by atoms with E-state index in [4.69, 9.17) is 27.9 Å². The summed E-state index contributed by atoms with van der Waals surface area (Å²) in [7, 11) is 0. The summed E-state index contributed by atoms with van der Waals surface area (Å²) >= 11 is 11.7. The van der Waals surface area contributed by atoms with Gasteiger partial charge in [0.1, 0.15) is 5.75 Å². The van der Waals surface area contributed by atoms with E-state index in [-0.39, 0.29) is 0 Å². The maximum Gasteiger partial charge on any atom is 0.219 e. The number of halogens is 2. The topological polar surface area (TPSA) is 22.1 Å². The van der Waals surface area contributed by atoms with E-state index >= 15 is 0 Å². The predicted octanol–water partition coefficient (Wildman–Crippen LogP) is 4.57. The Morgan fingerprint density at radius 1 is 1.24 bits per heavy atom. The first-order valence-corrected chi connectivity index (χ1v) is 6.05. The number of pyridine rings is 1. The molecule has 0 saturated heterocycles. The number of rotatable bonds is 3. The Morgan fingerprint density at radius 2 is 2.06 bits per heavy atom. The molecule has 0 amide bonds. The van der Waals surface area contributed by atoms with E-state index < -0.39 is 0 Å². The first kappa shape index (κ1) is 12.2. The second-order valence-corrected chi connectivity index (χ2v) is 4.35. The summed E-state index contributed by atoms with van der Waals surface area (Å²) in [4.78, 5) is 4.13. The van der Waals surface area contributed by atoms with E-state index in [1.807, 2.05) is 31.2 Å². The van der Waals surface area contributed by atoms with Crippen LogP contribution in [0, 0.1) is 6.92 Å². The van der Waals surface area contributed by atoms with Crippen LogP contribution in [0.25, 0.3) is 0 Å². The quantitative estimate of drug-likeness (QED) is 0.760. The lowest BCUT2D eigenvalue weighted by Gasteiger charge is -2.08. The third kappa shape index (κ3) is 3.11. The van der Waals surface area contributed by atoms with Crippen molar-refractivity contribution in [1.29, 1.82) is 0 Å². The molecule has 0 spiro atoms. The molecule has 0 aliphatic carbocycles. The molecule has 0 N–H and O–H groups in total. The Balaban J connectivity index is 2.27. The molecule has 2 aromatic rings. The van der Waals surface area contributed by atoms with Gasteiger partial charge in [-0.05, 0) is 36.2 Å². The summed E-state index contributed by atoms with van der Waals surface area (Å²) in [5.74, 6) is 1.66. The number of ether oxygens (including phenoxy) is 1. The molecule has 0 fully saturated rings. The minimum atomic E-state index is 0.438. The molecule has 2 nitrogen and oxygen atoms in total. The Hall–Kier alpha value is -1.25. The summed E-state index contributed by atoms with van der Waals surface area (Å²) in [6, 6.07) is 9.17. The monoisotopic (exact) mass is 267 g/mol. The van der Waals surface area contributed by atoms with Crippen molar-refractivity contribution in [2.24, 2.45) is 0 Å². The first-order valence-electron chi connectivity index (χ1n) is 5.14. The molecule has 1 aromatic carbocycles. The maximum absolute atomic E-state index is 5.92. The number of aryl methyl sites for hydroxylation is 1. The highest BCUT2D eigenvalue weighted by molar-refractivity contribution is 6.30. The van der Waals surface area contributed by atoms with E-state index in [9.17, 15) is 0 Å². The van der Waals surface area contributed by atoms with Gasteiger partial charge in [0.2, 0.25) is 5.88 Å². The fourth-order valence-electron chi connectivity index (χ4n) is 1.39. The fourth-order valence-corrected chi connectivity index (χ4v) is 1.71. The highest BCUT2D eigenvalue weighted by Crippen LogP contribution is 2.27. The van der Waals surface area contributed by atoms with Crippen LogP contribution in [0.1, 0.15) is 11.1 Å². The van der Waals surface area contributed by atoms with Crippen molar-refractivity contribution in [2.75, 3.05) is 0 Å². The van der Waals surface area contributed by atoms with E-state index in [2.05, 4.69) is 4.98 Å². The SMILES string of the molecule is Cc1ccc(Cl)cc1Oc1cc(CCl)ccn1. The second-order valence-electron chi connectivity index (χ2n) is 3.65. The Bertz CT molecular complexity index is 529. The standard InChI is InChI=1S/C13H11Cl2NO/c1-9-2-3-11(15)7-12(9)17-13-6-10(8-14)4-5-16-13/h2-7H,8H2,1H3. The number of hydrogen-bond donors (Lipinski definition) is 0. The van der Waals surface area contributed by atoms with Crippen molar-refractivity contribution in [3.63, 3.8) is 0 Å². The van der Waals surface area contributed by atoms with Gasteiger partial charge < -0.3 is 4.74 Å². The molecule has 1 aromatic heterocycles. The van der Waals surface area contributed by atoms with Crippen LogP contribution < -0.4 is 4.74 Å². The van der Waals surface area contributed by atoms with Crippen LogP contribution >= 0.6 is 23.2 Å². The van der Waals surface area contributed by atoms with Crippen molar-refractivity contribution in [1.82, 2.24) is 4.98 Å². The summed E-state index contributed by atoms with van der Waals surface area (Å²) in [6.45, 7) is 1.96. The van der Waals surface area contributed by atoms with Gasteiger partial charge in [0.25, 0.3) is 0 Å². The summed E-state index contributed by atoms with van der Waals surface area (Å²) in [5, 5.41) is 0.638. The Morgan fingerprint density at radius 3 is 2.82 bits per heavy atom. The molecule has 0 saturated carbocycles. The number of benzene rings is 1. The minimum absolute atomic E-state index is 0.438. The van der Waals surface area contributed by atoms with Crippen LogP contribution in [0.15, 0.2) is 36.5 Å². The third-order valence-electron chi connectivity index (χ3n) is 2.32. The molecule has 1 heterocycles. The average molecular weight is 268 g/mol. The van der Waals surface area contributed by atoms with Gasteiger partial charge >= 0.3 is 0 Å². The van der Waals surface area contributed by atoms with Crippen LogP contribution in [0.4, 0.5) is 0 Å². The fraction of sp³-hybridized carbons (Fsp3) is 0.154. The van der Waals surface area contributed by atoms with Gasteiger partial charge in [-0.15, -0.1) is 11.6 Å². The minimum Gasteiger partial charge on any atom is -0.439 e. The molecule has 0 atom stereocenters. The summed E-state index contributed by atoms with van der Waals surface area (Å²) in [5.41, 5.74) is 1.98.